The Hall–Kier alpha value is -0.120. The molecular weight excluding hydrogens is 176 g/mol. The lowest BCUT2D eigenvalue weighted by atomic mass is 10.0. The van der Waals surface area contributed by atoms with Gasteiger partial charge in [0, 0.05) is 32.3 Å². The largest absolute Gasteiger partial charge is 0.385 e. The highest BCUT2D eigenvalue weighted by atomic mass is 16.5. The third-order valence-electron chi connectivity index (χ3n) is 2.90. The number of likely N-dealkylation sites (tertiary alicyclic amines) is 1. The van der Waals surface area contributed by atoms with Crippen molar-refractivity contribution in [2.75, 3.05) is 33.9 Å². The second kappa shape index (κ2) is 6.38. The Morgan fingerprint density at radius 1 is 1.57 bits per heavy atom. The van der Waals surface area contributed by atoms with E-state index in [4.69, 9.17) is 4.74 Å². The number of methoxy groups -OCH3 is 1. The van der Waals surface area contributed by atoms with Crippen LogP contribution in [-0.2, 0) is 4.74 Å². The molecule has 14 heavy (non-hydrogen) atoms. The first-order valence-electron chi connectivity index (χ1n) is 5.66. The Bertz CT molecular complexity index is 152. The molecule has 84 valence electrons. The molecule has 0 aromatic heterocycles. The fourth-order valence-corrected chi connectivity index (χ4v) is 2.08. The molecule has 3 heteroatoms. The lowest BCUT2D eigenvalue weighted by Gasteiger charge is -2.32. The van der Waals surface area contributed by atoms with Gasteiger partial charge >= 0.3 is 0 Å². The second-order valence-corrected chi connectivity index (χ2v) is 4.45. The number of nitrogens with one attached hydrogen (secondary N) is 1. The Labute approximate surface area is 87.8 Å². The zero-order chi connectivity index (χ0) is 10.4. The monoisotopic (exact) mass is 200 g/mol. The van der Waals surface area contributed by atoms with Gasteiger partial charge in [0.2, 0.25) is 0 Å². The molecule has 0 aliphatic carbocycles. The molecule has 1 rings (SSSR count). The summed E-state index contributed by atoms with van der Waals surface area (Å²) in [5.74, 6) is 0. The van der Waals surface area contributed by atoms with E-state index >= 15 is 0 Å². The van der Waals surface area contributed by atoms with Gasteiger partial charge in [-0.3, -0.25) is 0 Å². The standard InChI is InChI=1S/C11H24N2O/c1-10(6-8-14-3)12-11-5-4-7-13(2)9-11/h10-12H,4-9H2,1-3H3. The smallest absolute Gasteiger partial charge is 0.0476 e. The molecule has 1 heterocycles. The van der Waals surface area contributed by atoms with Gasteiger partial charge in [-0.1, -0.05) is 0 Å². The van der Waals surface area contributed by atoms with Gasteiger partial charge in [0.25, 0.3) is 0 Å². The third-order valence-corrected chi connectivity index (χ3v) is 2.90. The van der Waals surface area contributed by atoms with E-state index < -0.39 is 0 Å². The highest BCUT2D eigenvalue weighted by Gasteiger charge is 2.18. The molecule has 1 aliphatic heterocycles. The van der Waals surface area contributed by atoms with Crippen LogP contribution < -0.4 is 5.32 Å². The van der Waals surface area contributed by atoms with Gasteiger partial charge in [-0.15, -0.1) is 0 Å². The Morgan fingerprint density at radius 3 is 3.00 bits per heavy atom. The Kier molecular flexibility index (Phi) is 5.45. The minimum Gasteiger partial charge on any atom is -0.385 e. The van der Waals surface area contributed by atoms with Crippen molar-refractivity contribution in [3.8, 4) is 0 Å². The van der Waals surface area contributed by atoms with Crippen LogP contribution in [0.1, 0.15) is 26.2 Å². The highest BCUT2D eigenvalue weighted by molar-refractivity contribution is 4.78. The maximum Gasteiger partial charge on any atom is 0.0476 e. The van der Waals surface area contributed by atoms with E-state index in [1.165, 1.54) is 25.9 Å². The van der Waals surface area contributed by atoms with E-state index in [0.717, 1.165) is 13.0 Å². The van der Waals surface area contributed by atoms with Crippen LogP contribution in [0.15, 0.2) is 0 Å². The van der Waals surface area contributed by atoms with Gasteiger partial charge in [0.1, 0.15) is 0 Å². The minimum atomic E-state index is 0.575. The number of rotatable bonds is 5. The fourth-order valence-electron chi connectivity index (χ4n) is 2.08. The first kappa shape index (κ1) is 12.0. The summed E-state index contributed by atoms with van der Waals surface area (Å²) in [5, 5.41) is 3.66. The van der Waals surface area contributed by atoms with E-state index in [-0.39, 0.29) is 0 Å². The Balaban J connectivity index is 2.15. The van der Waals surface area contributed by atoms with E-state index in [9.17, 15) is 0 Å². The minimum absolute atomic E-state index is 0.575. The molecule has 0 aromatic rings. The molecule has 0 spiro atoms. The van der Waals surface area contributed by atoms with Crippen molar-refractivity contribution in [3.63, 3.8) is 0 Å². The molecule has 2 atom stereocenters. The highest BCUT2D eigenvalue weighted by Crippen LogP contribution is 2.09. The van der Waals surface area contributed by atoms with Gasteiger partial charge < -0.3 is 15.0 Å². The number of likely N-dealkylation sites (N-methyl/N-ethyl adjacent to an activating group) is 1. The predicted molar refractivity (Wildman–Crippen MR) is 59.6 cm³/mol. The zero-order valence-corrected chi connectivity index (χ0v) is 9.75. The lowest BCUT2D eigenvalue weighted by molar-refractivity contribution is 0.172. The number of ether oxygens (including phenoxy) is 1. The van der Waals surface area contributed by atoms with E-state index in [2.05, 4.69) is 24.2 Å². The summed E-state index contributed by atoms with van der Waals surface area (Å²) < 4.78 is 5.07. The summed E-state index contributed by atoms with van der Waals surface area (Å²) in [5.41, 5.74) is 0. The van der Waals surface area contributed by atoms with Crippen molar-refractivity contribution in [3.05, 3.63) is 0 Å². The summed E-state index contributed by atoms with van der Waals surface area (Å²) in [7, 11) is 3.97. The number of piperidine rings is 1. The van der Waals surface area contributed by atoms with Crippen molar-refractivity contribution in [2.24, 2.45) is 0 Å². The van der Waals surface area contributed by atoms with Crippen molar-refractivity contribution < 1.29 is 4.74 Å². The van der Waals surface area contributed by atoms with Gasteiger partial charge in [0.15, 0.2) is 0 Å². The first-order valence-corrected chi connectivity index (χ1v) is 5.66. The molecule has 1 saturated heterocycles. The van der Waals surface area contributed by atoms with Crippen LogP contribution in [0.4, 0.5) is 0 Å². The van der Waals surface area contributed by atoms with Gasteiger partial charge in [-0.2, -0.15) is 0 Å². The number of nitrogens with zero attached hydrogens (tertiary/aromatic N) is 1. The quantitative estimate of drug-likeness (QED) is 0.719. The van der Waals surface area contributed by atoms with Crippen LogP contribution >= 0.6 is 0 Å². The second-order valence-electron chi connectivity index (χ2n) is 4.45. The summed E-state index contributed by atoms with van der Waals surface area (Å²) >= 11 is 0. The molecule has 0 aromatic carbocycles. The van der Waals surface area contributed by atoms with Gasteiger partial charge in [0.05, 0.1) is 0 Å². The zero-order valence-electron chi connectivity index (χ0n) is 9.75. The maximum atomic E-state index is 5.07. The molecular formula is C11H24N2O. The van der Waals surface area contributed by atoms with Crippen LogP contribution in [0.2, 0.25) is 0 Å². The summed E-state index contributed by atoms with van der Waals surface area (Å²) in [4.78, 5) is 2.41. The molecule has 1 fully saturated rings. The predicted octanol–water partition coefficient (Wildman–Crippen LogP) is 1.10. The molecule has 0 saturated carbocycles. The average Bonchev–Trinajstić information content (AvgIpc) is 2.15. The van der Waals surface area contributed by atoms with Crippen LogP contribution in [0.3, 0.4) is 0 Å². The van der Waals surface area contributed by atoms with E-state index in [1.807, 2.05) is 0 Å². The normalized spacial score (nSPS) is 26.4. The molecule has 3 nitrogen and oxygen atoms in total. The lowest BCUT2D eigenvalue weighted by Crippen LogP contribution is -2.47. The van der Waals surface area contributed by atoms with E-state index in [1.54, 1.807) is 7.11 Å². The first-order chi connectivity index (χ1) is 6.72. The van der Waals surface area contributed by atoms with Gasteiger partial charge in [-0.05, 0) is 39.8 Å². The van der Waals surface area contributed by atoms with Crippen LogP contribution in [-0.4, -0.2) is 50.8 Å². The molecule has 1 aliphatic rings. The van der Waals surface area contributed by atoms with Crippen molar-refractivity contribution in [1.82, 2.24) is 10.2 Å². The average molecular weight is 200 g/mol. The maximum absolute atomic E-state index is 5.07. The van der Waals surface area contributed by atoms with Crippen LogP contribution in [0.5, 0.6) is 0 Å². The molecule has 0 bridgehead atoms. The Morgan fingerprint density at radius 2 is 2.36 bits per heavy atom. The van der Waals surface area contributed by atoms with Crippen molar-refractivity contribution in [2.45, 2.75) is 38.3 Å². The topological polar surface area (TPSA) is 24.5 Å². The molecule has 1 N–H and O–H groups in total. The van der Waals surface area contributed by atoms with Crippen molar-refractivity contribution in [1.29, 1.82) is 0 Å². The molecule has 0 amide bonds. The number of hydrogen-bond donors (Lipinski definition) is 1. The SMILES string of the molecule is COCCC(C)NC1CCCN(C)C1. The number of hydrogen-bond acceptors (Lipinski definition) is 3. The summed E-state index contributed by atoms with van der Waals surface area (Å²) in [6.07, 6.45) is 3.75. The summed E-state index contributed by atoms with van der Waals surface area (Å²) in [6, 6.07) is 1.26. The molecule has 0 radical (unpaired) electrons. The molecule has 2 unspecified atom stereocenters. The third kappa shape index (κ3) is 4.40. The van der Waals surface area contributed by atoms with Crippen LogP contribution in [0, 0.1) is 0 Å². The summed E-state index contributed by atoms with van der Waals surface area (Å²) in [6.45, 7) is 5.55. The van der Waals surface area contributed by atoms with Crippen molar-refractivity contribution >= 4 is 0 Å². The van der Waals surface area contributed by atoms with E-state index in [0.29, 0.717) is 12.1 Å². The van der Waals surface area contributed by atoms with Gasteiger partial charge in [-0.25, -0.2) is 0 Å². The van der Waals surface area contributed by atoms with Crippen LogP contribution in [0.25, 0.3) is 0 Å². The fraction of sp³-hybridized carbons (Fsp3) is 1.00.